The molecule has 0 amide bonds. The van der Waals surface area contributed by atoms with Gasteiger partial charge in [-0.05, 0) is 24.3 Å². The van der Waals surface area contributed by atoms with Gasteiger partial charge < -0.3 is 10.1 Å². The van der Waals surface area contributed by atoms with E-state index in [4.69, 9.17) is 9.29 Å². The van der Waals surface area contributed by atoms with Crippen molar-refractivity contribution in [2.45, 2.75) is 4.90 Å². The molecule has 0 aliphatic rings. The van der Waals surface area contributed by atoms with Crippen molar-refractivity contribution < 1.29 is 17.7 Å². The normalized spacial score (nSPS) is 11.3. The molecule has 0 saturated heterocycles. The first kappa shape index (κ1) is 12.0. The Labute approximate surface area is 88.8 Å². The maximum absolute atomic E-state index is 10.7. The first-order chi connectivity index (χ1) is 7.04. The highest BCUT2D eigenvalue weighted by Gasteiger charge is 2.07. The average Bonchev–Trinajstić information content (AvgIpc) is 2.18. The van der Waals surface area contributed by atoms with E-state index >= 15 is 0 Å². The van der Waals surface area contributed by atoms with Gasteiger partial charge in [0, 0.05) is 19.3 Å². The smallest absolute Gasteiger partial charge is 0.294 e. The highest BCUT2D eigenvalue weighted by atomic mass is 32.2. The third kappa shape index (κ3) is 3.86. The van der Waals surface area contributed by atoms with Crippen LogP contribution in [-0.2, 0) is 14.9 Å². The molecule has 84 valence electrons. The van der Waals surface area contributed by atoms with Crippen molar-refractivity contribution in [3.05, 3.63) is 24.3 Å². The van der Waals surface area contributed by atoms with Crippen LogP contribution >= 0.6 is 0 Å². The van der Waals surface area contributed by atoms with Gasteiger partial charge in [-0.25, -0.2) is 0 Å². The Bertz CT molecular complexity index is 399. The van der Waals surface area contributed by atoms with Crippen LogP contribution in [0.5, 0.6) is 0 Å². The predicted octanol–water partition coefficient (Wildman–Crippen LogP) is 0.992. The lowest BCUT2D eigenvalue weighted by Gasteiger charge is -2.05. The molecule has 0 aromatic heterocycles. The van der Waals surface area contributed by atoms with E-state index in [2.05, 4.69) is 5.32 Å². The van der Waals surface area contributed by atoms with Crippen LogP contribution in [0.4, 0.5) is 5.69 Å². The number of methoxy groups -OCH3 is 1. The molecule has 0 spiro atoms. The Morgan fingerprint density at radius 3 is 2.40 bits per heavy atom. The molecule has 1 aromatic rings. The van der Waals surface area contributed by atoms with Crippen LogP contribution in [0.1, 0.15) is 0 Å². The number of ether oxygens (including phenoxy) is 1. The van der Waals surface area contributed by atoms with Crippen LogP contribution in [0.15, 0.2) is 29.2 Å². The Morgan fingerprint density at radius 1 is 1.33 bits per heavy atom. The molecule has 6 heteroatoms. The van der Waals surface area contributed by atoms with E-state index in [-0.39, 0.29) is 4.90 Å². The van der Waals surface area contributed by atoms with Gasteiger partial charge in [0.2, 0.25) is 0 Å². The van der Waals surface area contributed by atoms with Gasteiger partial charge in [-0.15, -0.1) is 0 Å². The highest BCUT2D eigenvalue weighted by molar-refractivity contribution is 7.85. The van der Waals surface area contributed by atoms with Crippen molar-refractivity contribution in [3.63, 3.8) is 0 Å². The Balaban J connectivity index is 2.65. The summed E-state index contributed by atoms with van der Waals surface area (Å²) in [6, 6.07) is 5.84. The Kier molecular flexibility index (Phi) is 4.07. The fourth-order valence-corrected chi connectivity index (χ4v) is 1.52. The van der Waals surface area contributed by atoms with Crippen molar-refractivity contribution in [1.29, 1.82) is 0 Å². The van der Waals surface area contributed by atoms with E-state index in [9.17, 15) is 8.42 Å². The summed E-state index contributed by atoms with van der Waals surface area (Å²) in [6.07, 6.45) is 0. The maximum atomic E-state index is 10.7. The molecule has 0 bridgehead atoms. The number of anilines is 1. The van der Waals surface area contributed by atoms with Crippen molar-refractivity contribution in [2.24, 2.45) is 0 Å². The lowest BCUT2D eigenvalue weighted by Crippen LogP contribution is -2.07. The summed E-state index contributed by atoms with van der Waals surface area (Å²) in [5.74, 6) is 0. The van der Waals surface area contributed by atoms with Crippen molar-refractivity contribution in [2.75, 3.05) is 25.6 Å². The first-order valence-corrected chi connectivity index (χ1v) is 5.78. The molecule has 0 unspecified atom stereocenters. The van der Waals surface area contributed by atoms with Gasteiger partial charge in [0.15, 0.2) is 0 Å². The summed E-state index contributed by atoms with van der Waals surface area (Å²) >= 11 is 0. The third-order valence-electron chi connectivity index (χ3n) is 1.79. The standard InChI is InChI=1S/C9H13NO4S/c1-14-7-6-10-8-2-4-9(5-3-8)15(11,12)13/h2-5,10H,6-7H2,1H3,(H,11,12,13). The van der Waals surface area contributed by atoms with E-state index < -0.39 is 10.1 Å². The lowest BCUT2D eigenvalue weighted by atomic mass is 10.3. The topological polar surface area (TPSA) is 75.6 Å². The van der Waals surface area contributed by atoms with E-state index in [1.165, 1.54) is 12.1 Å². The monoisotopic (exact) mass is 231 g/mol. The van der Waals surface area contributed by atoms with Gasteiger partial charge in [0.25, 0.3) is 10.1 Å². The van der Waals surface area contributed by atoms with Crippen LogP contribution in [0.25, 0.3) is 0 Å². The SMILES string of the molecule is COCCNc1ccc(S(=O)(=O)O)cc1. The minimum atomic E-state index is -4.10. The molecule has 1 rings (SSSR count). The molecule has 0 fully saturated rings. The molecule has 0 aliphatic heterocycles. The van der Waals surface area contributed by atoms with Crippen molar-refractivity contribution in [1.82, 2.24) is 0 Å². The zero-order valence-corrected chi connectivity index (χ0v) is 9.12. The van der Waals surface area contributed by atoms with Crippen LogP contribution < -0.4 is 5.32 Å². The van der Waals surface area contributed by atoms with Gasteiger partial charge in [0.1, 0.15) is 0 Å². The summed E-state index contributed by atoms with van der Waals surface area (Å²) in [7, 11) is -2.50. The molecular formula is C9H13NO4S. The predicted molar refractivity (Wildman–Crippen MR) is 56.6 cm³/mol. The second-order valence-corrected chi connectivity index (χ2v) is 4.34. The van der Waals surface area contributed by atoms with Crippen LogP contribution in [0.2, 0.25) is 0 Å². The van der Waals surface area contributed by atoms with Gasteiger partial charge in [-0.3, -0.25) is 4.55 Å². The lowest BCUT2D eigenvalue weighted by molar-refractivity contribution is 0.211. The van der Waals surface area contributed by atoms with E-state index in [0.29, 0.717) is 13.2 Å². The molecule has 15 heavy (non-hydrogen) atoms. The minimum Gasteiger partial charge on any atom is -0.383 e. The largest absolute Gasteiger partial charge is 0.383 e. The molecular weight excluding hydrogens is 218 g/mol. The van der Waals surface area contributed by atoms with Crippen LogP contribution in [0, 0.1) is 0 Å². The van der Waals surface area contributed by atoms with Crippen LogP contribution in [0.3, 0.4) is 0 Å². The summed E-state index contributed by atoms with van der Waals surface area (Å²) < 4.78 is 35.0. The van der Waals surface area contributed by atoms with Crippen molar-refractivity contribution >= 4 is 15.8 Å². The second-order valence-electron chi connectivity index (χ2n) is 2.92. The molecule has 0 aliphatic carbocycles. The first-order valence-electron chi connectivity index (χ1n) is 4.34. The number of benzene rings is 1. The average molecular weight is 231 g/mol. The fourth-order valence-electron chi connectivity index (χ4n) is 1.04. The maximum Gasteiger partial charge on any atom is 0.294 e. The molecule has 0 radical (unpaired) electrons. The molecule has 0 heterocycles. The molecule has 0 saturated carbocycles. The number of hydrogen-bond donors (Lipinski definition) is 2. The fraction of sp³-hybridized carbons (Fsp3) is 0.333. The molecule has 5 nitrogen and oxygen atoms in total. The van der Waals surface area contributed by atoms with Gasteiger partial charge in [-0.1, -0.05) is 0 Å². The molecule has 1 aromatic carbocycles. The quantitative estimate of drug-likeness (QED) is 0.584. The number of nitrogens with one attached hydrogen (secondary N) is 1. The van der Waals surface area contributed by atoms with E-state index in [1.54, 1.807) is 19.2 Å². The number of rotatable bonds is 5. The van der Waals surface area contributed by atoms with Crippen LogP contribution in [-0.4, -0.2) is 33.2 Å². The summed E-state index contributed by atoms with van der Waals surface area (Å²) in [5.41, 5.74) is 0.777. The zero-order valence-electron chi connectivity index (χ0n) is 8.30. The van der Waals surface area contributed by atoms with Gasteiger partial charge in [0.05, 0.1) is 11.5 Å². The highest BCUT2D eigenvalue weighted by Crippen LogP contribution is 2.13. The van der Waals surface area contributed by atoms with Gasteiger partial charge >= 0.3 is 0 Å². The van der Waals surface area contributed by atoms with E-state index in [1.807, 2.05) is 0 Å². The Hall–Kier alpha value is -1.11. The summed E-state index contributed by atoms with van der Waals surface area (Å²) in [4.78, 5) is -0.111. The third-order valence-corrected chi connectivity index (χ3v) is 2.66. The molecule has 2 N–H and O–H groups in total. The van der Waals surface area contributed by atoms with E-state index in [0.717, 1.165) is 5.69 Å². The Morgan fingerprint density at radius 2 is 1.93 bits per heavy atom. The zero-order chi connectivity index (χ0) is 11.3. The molecule has 0 atom stereocenters. The summed E-state index contributed by atoms with van der Waals surface area (Å²) in [6.45, 7) is 1.21. The minimum absolute atomic E-state index is 0.111. The second kappa shape index (κ2) is 5.11. The van der Waals surface area contributed by atoms with Crippen molar-refractivity contribution in [3.8, 4) is 0 Å². The summed E-state index contributed by atoms with van der Waals surface area (Å²) in [5, 5.41) is 3.02. The van der Waals surface area contributed by atoms with Gasteiger partial charge in [-0.2, -0.15) is 8.42 Å². The number of hydrogen-bond acceptors (Lipinski definition) is 4.